The van der Waals surface area contributed by atoms with Crippen LogP contribution in [0.2, 0.25) is 10.0 Å². The van der Waals surface area contributed by atoms with Crippen LogP contribution in [0, 0.1) is 11.7 Å². The lowest BCUT2D eigenvalue weighted by molar-refractivity contribution is -0.120. The molecule has 2 amide bonds. The van der Waals surface area contributed by atoms with Crippen LogP contribution in [0.15, 0.2) is 41.3 Å². The van der Waals surface area contributed by atoms with Crippen LogP contribution in [0.5, 0.6) is 0 Å². The van der Waals surface area contributed by atoms with E-state index in [2.05, 4.69) is 10.6 Å². The zero-order chi connectivity index (χ0) is 22.8. The number of benzene rings is 2. The van der Waals surface area contributed by atoms with E-state index < -0.39 is 27.7 Å². The lowest BCUT2D eigenvalue weighted by Gasteiger charge is -2.30. The Bertz CT molecular complexity index is 1120. The third-order valence-electron chi connectivity index (χ3n) is 5.04. The summed E-state index contributed by atoms with van der Waals surface area (Å²) in [5, 5.41) is 5.34. The van der Waals surface area contributed by atoms with Crippen LogP contribution in [0.1, 0.15) is 23.2 Å². The van der Waals surface area contributed by atoms with Gasteiger partial charge in [0.25, 0.3) is 5.91 Å². The molecule has 1 fully saturated rings. The summed E-state index contributed by atoms with van der Waals surface area (Å²) in [6.07, 6.45) is 0.597. The molecule has 1 saturated heterocycles. The maximum Gasteiger partial charge on any atom is 0.254 e. The van der Waals surface area contributed by atoms with Gasteiger partial charge in [0.05, 0.1) is 10.6 Å². The van der Waals surface area contributed by atoms with Crippen molar-refractivity contribution in [2.75, 3.05) is 25.5 Å². The van der Waals surface area contributed by atoms with Gasteiger partial charge in [0.15, 0.2) is 0 Å². The molecule has 2 aromatic carbocycles. The second kappa shape index (κ2) is 9.52. The van der Waals surface area contributed by atoms with Gasteiger partial charge in [0, 0.05) is 36.8 Å². The number of carbonyl (C=O) groups excluding carboxylic acids is 2. The molecule has 11 heteroatoms. The highest BCUT2D eigenvalue weighted by atomic mass is 35.5. The Morgan fingerprint density at radius 1 is 1.10 bits per heavy atom. The fraction of sp³-hybridized carbons (Fsp3) is 0.300. The molecular weight excluding hydrogens is 468 g/mol. The average molecular weight is 488 g/mol. The van der Waals surface area contributed by atoms with Crippen molar-refractivity contribution < 1.29 is 22.4 Å². The van der Waals surface area contributed by atoms with Crippen molar-refractivity contribution >= 4 is 50.7 Å². The SMILES string of the molecule is CNC(=O)c1cc(NC(=O)C2CCN(S(=O)(=O)c3cc(Cl)ccc3Cl)CC2)ccc1F. The largest absolute Gasteiger partial charge is 0.355 e. The molecular formula is C20H20Cl2FN3O4S. The van der Waals surface area contributed by atoms with E-state index in [9.17, 15) is 22.4 Å². The highest BCUT2D eigenvalue weighted by molar-refractivity contribution is 7.89. The Kier molecular flexibility index (Phi) is 7.20. The molecule has 7 nitrogen and oxygen atoms in total. The van der Waals surface area contributed by atoms with Crippen LogP contribution in [0.3, 0.4) is 0 Å². The summed E-state index contributed by atoms with van der Waals surface area (Å²) in [5.41, 5.74) is 0.102. The maximum absolute atomic E-state index is 13.8. The van der Waals surface area contributed by atoms with Crippen molar-refractivity contribution in [3.63, 3.8) is 0 Å². The summed E-state index contributed by atoms with van der Waals surface area (Å²) in [4.78, 5) is 24.3. The van der Waals surface area contributed by atoms with Crippen molar-refractivity contribution in [1.82, 2.24) is 9.62 Å². The second-order valence-corrected chi connectivity index (χ2v) is 9.77. The Morgan fingerprint density at radius 2 is 1.77 bits per heavy atom. The smallest absolute Gasteiger partial charge is 0.254 e. The van der Waals surface area contributed by atoms with Crippen molar-refractivity contribution in [3.8, 4) is 0 Å². The van der Waals surface area contributed by atoms with Crippen LogP contribution in [-0.2, 0) is 14.8 Å². The van der Waals surface area contributed by atoms with Gasteiger partial charge in [-0.15, -0.1) is 0 Å². The number of piperidine rings is 1. The zero-order valence-corrected chi connectivity index (χ0v) is 18.8. The van der Waals surface area contributed by atoms with Crippen LogP contribution in [0.4, 0.5) is 10.1 Å². The molecule has 0 radical (unpaired) electrons. The fourth-order valence-corrected chi connectivity index (χ4v) is 5.54. The van der Waals surface area contributed by atoms with Crippen LogP contribution >= 0.6 is 23.2 Å². The number of sulfonamides is 1. The van der Waals surface area contributed by atoms with E-state index in [1.165, 1.54) is 41.7 Å². The number of carbonyl (C=O) groups is 2. The van der Waals surface area contributed by atoms with Crippen molar-refractivity contribution in [2.45, 2.75) is 17.7 Å². The van der Waals surface area contributed by atoms with Crippen LogP contribution < -0.4 is 10.6 Å². The second-order valence-electron chi connectivity index (χ2n) is 7.02. The van der Waals surface area contributed by atoms with Crippen molar-refractivity contribution in [2.24, 2.45) is 5.92 Å². The van der Waals surface area contributed by atoms with Gasteiger partial charge in [-0.25, -0.2) is 12.8 Å². The zero-order valence-electron chi connectivity index (χ0n) is 16.5. The summed E-state index contributed by atoms with van der Waals surface area (Å²) >= 11 is 12.0. The molecule has 0 unspecified atom stereocenters. The molecule has 31 heavy (non-hydrogen) atoms. The summed E-state index contributed by atoms with van der Waals surface area (Å²) in [5.74, 6) is -2.07. The van der Waals surface area contributed by atoms with Crippen molar-refractivity contribution in [1.29, 1.82) is 0 Å². The van der Waals surface area contributed by atoms with Gasteiger partial charge in [0.1, 0.15) is 10.7 Å². The van der Waals surface area contributed by atoms with E-state index in [1.54, 1.807) is 0 Å². The summed E-state index contributed by atoms with van der Waals surface area (Å²) in [6, 6.07) is 7.95. The molecule has 3 rings (SSSR count). The Labute approximate surface area is 189 Å². The Balaban J connectivity index is 1.66. The van der Waals surface area contributed by atoms with Crippen LogP contribution in [0.25, 0.3) is 0 Å². The molecule has 0 atom stereocenters. The molecule has 0 saturated carbocycles. The molecule has 2 N–H and O–H groups in total. The van der Waals surface area contributed by atoms with Gasteiger partial charge in [-0.3, -0.25) is 9.59 Å². The number of hydrogen-bond donors (Lipinski definition) is 2. The Morgan fingerprint density at radius 3 is 2.42 bits per heavy atom. The third kappa shape index (κ3) is 5.17. The first-order valence-electron chi connectivity index (χ1n) is 9.41. The molecule has 0 aliphatic carbocycles. The Hall–Kier alpha value is -2.20. The number of hydrogen-bond acceptors (Lipinski definition) is 4. The third-order valence-corrected chi connectivity index (χ3v) is 7.66. The lowest BCUT2D eigenvalue weighted by Crippen LogP contribution is -2.41. The predicted octanol–water partition coefficient (Wildman–Crippen LogP) is 3.53. The molecule has 0 bridgehead atoms. The minimum atomic E-state index is -3.85. The van der Waals surface area contributed by atoms with E-state index >= 15 is 0 Å². The standard InChI is InChI=1S/C20H20Cl2FN3O4S/c1-24-20(28)15-11-14(3-5-17(15)23)25-19(27)12-6-8-26(9-7-12)31(29,30)18-10-13(21)2-4-16(18)22/h2-5,10-12H,6-9H2,1H3,(H,24,28)(H,25,27). The van der Waals surface area contributed by atoms with E-state index in [1.807, 2.05) is 0 Å². The maximum atomic E-state index is 13.8. The number of nitrogens with one attached hydrogen (secondary N) is 2. The first kappa shape index (κ1) is 23.5. The number of amides is 2. The highest BCUT2D eigenvalue weighted by Gasteiger charge is 2.33. The van der Waals surface area contributed by atoms with Crippen molar-refractivity contribution in [3.05, 3.63) is 57.8 Å². The van der Waals surface area contributed by atoms with Gasteiger partial charge in [-0.1, -0.05) is 23.2 Å². The normalized spacial score (nSPS) is 15.5. The van der Waals surface area contributed by atoms with Gasteiger partial charge in [-0.2, -0.15) is 4.31 Å². The van der Waals surface area contributed by atoms with Gasteiger partial charge in [0.2, 0.25) is 15.9 Å². The topological polar surface area (TPSA) is 95.6 Å². The van der Waals surface area contributed by atoms with Gasteiger partial charge < -0.3 is 10.6 Å². The quantitative estimate of drug-likeness (QED) is 0.673. The van der Waals surface area contributed by atoms with E-state index in [0.29, 0.717) is 12.8 Å². The van der Waals surface area contributed by atoms with Gasteiger partial charge >= 0.3 is 0 Å². The molecule has 1 aliphatic rings. The number of nitrogens with zero attached hydrogens (tertiary/aromatic N) is 1. The number of anilines is 1. The summed E-state index contributed by atoms with van der Waals surface area (Å²) in [6.45, 7) is 0.270. The van der Waals surface area contributed by atoms with Crippen LogP contribution in [-0.4, -0.2) is 44.7 Å². The highest BCUT2D eigenvalue weighted by Crippen LogP contribution is 2.30. The predicted molar refractivity (Wildman–Crippen MR) is 116 cm³/mol. The summed E-state index contributed by atoms with van der Waals surface area (Å²) < 4.78 is 40.9. The lowest BCUT2D eigenvalue weighted by atomic mass is 9.97. The molecule has 0 aromatic heterocycles. The number of rotatable bonds is 5. The minimum absolute atomic E-state index is 0.0717. The first-order chi connectivity index (χ1) is 14.6. The van der Waals surface area contributed by atoms with E-state index in [4.69, 9.17) is 23.2 Å². The monoisotopic (exact) mass is 487 g/mol. The van der Waals surface area contributed by atoms with E-state index in [0.717, 1.165) is 6.07 Å². The van der Waals surface area contributed by atoms with E-state index in [-0.39, 0.29) is 45.2 Å². The fourth-order valence-electron chi connectivity index (χ4n) is 3.33. The first-order valence-corrected chi connectivity index (χ1v) is 11.6. The molecule has 166 valence electrons. The average Bonchev–Trinajstić information content (AvgIpc) is 2.76. The molecule has 2 aromatic rings. The summed E-state index contributed by atoms with van der Waals surface area (Å²) in [7, 11) is -2.47. The molecule has 1 heterocycles. The molecule has 1 aliphatic heterocycles. The number of halogens is 3. The minimum Gasteiger partial charge on any atom is -0.355 e. The molecule has 0 spiro atoms. The van der Waals surface area contributed by atoms with Gasteiger partial charge in [-0.05, 0) is 49.2 Å².